The second-order valence-corrected chi connectivity index (χ2v) is 5.40. The number of halogens is 1. The van der Waals surface area contributed by atoms with Gasteiger partial charge in [0.05, 0.1) is 0 Å². The summed E-state index contributed by atoms with van der Waals surface area (Å²) in [6.07, 6.45) is 0. The van der Waals surface area contributed by atoms with Crippen LogP contribution in [-0.4, -0.2) is 7.05 Å². The molecule has 0 aliphatic carbocycles. The van der Waals surface area contributed by atoms with Crippen molar-refractivity contribution in [2.24, 2.45) is 0 Å². The Morgan fingerprint density at radius 3 is 2.44 bits per heavy atom. The predicted molar refractivity (Wildman–Crippen MR) is 81.8 cm³/mol. The van der Waals surface area contributed by atoms with Gasteiger partial charge in [-0.15, -0.1) is 0 Å². The first-order valence-corrected chi connectivity index (χ1v) is 6.67. The number of anilines is 2. The lowest BCUT2D eigenvalue weighted by Crippen LogP contribution is -2.16. The first-order chi connectivity index (χ1) is 8.56. The van der Waals surface area contributed by atoms with Gasteiger partial charge < -0.3 is 10.6 Å². The fourth-order valence-corrected chi connectivity index (χ4v) is 2.23. The molecular weight excluding hydrogens is 288 g/mol. The molecule has 0 amide bonds. The molecule has 2 nitrogen and oxygen atoms in total. The Hall–Kier alpha value is -1.48. The average Bonchev–Trinajstić information content (AvgIpc) is 2.34. The van der Waals surface area contributed by atoms with E-state index < -0.39 is 0 Å². The standard InChI is InChI=1S/C15H17BrN2/c1-11-3-6-14(7-4-11)18(2)10-12-9-13(17)5-8-15(12)16/h3-9H,10,17H2,1-2H3. The van der Waals surface area contributed by atoms with E-state index in [9.17, 15) is 0 Å². The molecular formula is C15H17BrN2. The molecule has 0 radical (unpaired) electrons. The van der Waals surface area contributed by atoms with Gasteiger partial charge in [0.15, 0.2) is 0 Å². The Kier molecular flexibility index (Phi) is 3.92. The van der Waals surface area contributed by atoms with Crippen molar-refractivity contribution in [1.82, 2.24) is 0 Å². The Morgan fingerprint density at radius 2 is 1.78 bits per heavy atom. The molecule has 2 aromatic rings. The van der Waals surface area contributed by atoms with E-state index in [1.165, 1.54) is 16.8 Å². The molecule has 0 bridgehead atoms. The second kappa shape index (κ2) is 5.44. The lowest BCUT2D eigenvalue weighted by molar-refractivity contribution is 0.918. The molecule has 0 heterocycles. The SMILES string of the molecule is Cc1ccc(N(C)Cc2cc(N)ccc2Br)cc1. The van der Waals surface area contributed by atoms with Crippen LogP contribution < -0.4 is 10.6 Å². The zero-order valence-corrected chi connectivity index (χ0v) is 12.2. The highest BCUT2D eigenvalue weighted by Crippen LogP contribution is 2.23. The van der Waals surface area contributed by atoms with E-state index in [-0.39, 0.29) is 0 Å². The van der Waals surface area contributed by atoms with E-state index in [2.05, 4.69) is 59.1 Å². The fourth-order valence-electron chi connectivity index (χ4n) is 1.86. The smallest absolute Gasteiger partial charge is 0.0438 e. The molecule has 94 valence electrons. The third-order valence-electron chi connectivity index (χ3n) is 2.95. The quantitative estimate of drug-likeness (QED) is 0.869. The van der Waals surface area contributed by atoms with Crippen LogP contribution >= 0.6 is 15.9 Å². The van der Waals surface area contributed by atoms with Crippen molar-refractivity contribution in [3.8, 4) is 0 Å². The van der Waals surface area contributed by atoms with Crippen LogP contribution in [0.15, 0.2) is 46.9 Å². The number of rotatable bonds is 3. The lowest BCUT2D eigenvalue weighted by Gasteiger charge is -2.20. The number of nitrogens with two attached hydrogens (primary N) is 1. The third kappa shape index (κ3) is 3.05. The van der Waals surface area contributed by atoms with Gasteiger partial charge in [-0.05, 0) is 42.8 Å². The summed E-state index contributed by atoms with van der Waals surface area (Å²) in [4.78, 5) is 2.21. The molecule has 2 aromatic carbocycles. The van der Waals surface area contributed by atoms with Gasteiger partial charge in [-0.1, -0.05) is 33.6 Å². The van der Waals surface area contributed by atoms with Crippen LogP contribution in [0.1, 0.15) is 11.1 Å². The van der Waals surface area contributed by atoms with Crippen molar-refractivity contribution in [3.05, 3.63) is 58.1 Å². The molecule has 0 aromatic heterocycles. The Labute approximate surface area is 117 Å². The molecule has 0 spiro atoms. The van der Waals surface area contributed by atoms with Gasteiger partial charge >= 0.3 is 0 Å². The summed E-state index contributed by atoms with van der Waals surface area (Å²) < 4.78 is 1.09. The summed E-state index contributed by atoms with van der Waals surface area (Å²) in [5, 5.41) is 0. The van der Waals surface area contributed by atoms with E-state index in [1.807, 2.05) is 18.2 Å². The highest BCUT2D eigenvalue weighted by molar-refractivity contribution is 9.10. The van der Waals surface area contributed by atoms with Crippen molar-refractivity contribution in [3.63, 3.8) is 0 Å². The highest BCUT2D eigenvalue weighted by Gasteiger charge is 2.05. The normalized spacial score (nSPS) is 10.4. The summed E-state index contributed by atoms with van der Waals surface area (Å²) in [6, 6.07) is 14.4. The van der Waals surface area contributed by atoms with Gasteiger partial charge in [-0.2, -0.15) is 0 Å². The highest BCUT2D eigenvalue weighted by atomic mass is 79.9. The Balaban J connectivity index is 2.18. The summed E-state index contributed by atoms with van der Waals surface area (Å²) in [5.74, 6) is 0. The molecule has 0 atom stereocenters. The molecule has 0 aliphatic heterocycles. The lowest BCUT2D eigenvalue weighted by atomic mass is 10.1. The van der Waals surface area contributed by atoms with Crippen LogP contribution in [0.4, 0.5) is 11.4 Å². The minimum Gasteiger partial charge on any atom is -0.399 e. The minimum absolute atomic E-state index is 0.797. The van der Waals surface area contributed by atoms with Crippen LogP contribution in [0.5, 0.6) is 0 Å². The molecule has 2 rings (SSSR count). The number of hydrogen-bond donors (Lipinski definition) is 1. The zero-order chi connectivity index (χ0) is 13.1. The monoisotopic (exact) mass is 304 g/mol. The molecule has 0 fully saturated rings. The van der Waals surface area contributed by atoms with Gasteiger partial charge in [0.2, 0.25) is 0 Å². The Morgan fingerprint density at radius 1 is 1.11 bits per heavy atom. The molecule has 0 unspecified atom stereocenters. The number of nitrogens with zero attached hydrogens (tertiary/aromatic N) is 1. The minimum atomic E-state index is 0.797. The van der Waals surface area contributed by atoms with E-state index in [4.69, 9.17) is 5.73 Å². The van der Waals surface area contributed by atoms with Gasteiger partial charge in [0.1, 0.15) is 0 Å². The first kappa shape index (κ1) is 13.0. The summed E-state index contributed by atoms with van der Waals surface area (Å²) in [6.45, 7) is 2.92. The van der Waals surface area contributed by atoms with Crippen molar-refractivity contribution < 1.29 is 0 Å². The maximum atomic E-state index is 5.82. The van der Waals surface area contributed by atoms with Crippen LogP contribution in [0.3, 0.4) is 0 Å². The molecule has 18 heavy (non-hydrogen) atoms. The number of aryl methyl sites for hydroxylation is 1. The van der Waals surface area contributed by atoms with Crippen LogP contribution in [0.25, 0.3) is 0 Å². The summed E-state index contributed by atoms with van der Waals surface area (Å²) >= 11 is 3.56. The third-order valence-corrected chi connectivity index (χ3v) is 3.73. The average molecular weight is 305 g/mol. The van der Waals surface area contributed by atoms with Gasteiger partial charge in [0, 0.05) is 29.4 Å². The number of benzene rings is 2. The largest absolute Gasteiger partial charge is 0.399 e. The van der Waals surface area contributed by atoms with E-state index in [0.717, 1.165) is 16.7 Å². The molecule has 2 N–H and O–H groups in total. The predicted octanol–water partition coefficient (Wildman–Crippen LogP) is 3.98. The first-order valence-electron chi connectivity index (χ1n) is 5.88. The maximum absolute atomic E-state index is 5.82. The second-order valence-electron chi connectivity index (χ2n) is 4.54. The molecule has 0 aliphatic rings. The number of hydrogen-bond acceptors (Lipinski definition) is 2. The number of nitrogen functional groups attached to an aromatic ring is 1. The van der Waals surface area contributed by atoms with Gasteiger partial charge in [-0.25, -0.2) is 0 Å². The molecule has 0 saturated heterocycles. The van der Waals surface area contributed by atoms with E-state index in [1.54, 1.807) is 0 Å². The topological polar surface area (TPSA) is 29.3 Å². The van der Waals surface area contributed by atoms with E-state index in [0.29, 0.717) is 0 Å². The molecule has 0 saturated carbocycles. The van der Waals surface area contributed by atoms with Crippen molar-refractivity contribution >= 4 is 27.3 Å². The van der Waals surface area contributed by atoms with Crippen LogP contribution in [0, 0.1) is 6.92 Å². The van der Waals surface area contributed by atoms with Crippen LogP contribution in [-0.2, 0) is 6.54 Å². The Bertz CT molecular complexity index is 535. The van der Waals surface area contributed by atoms with Crippen molar-refractivity contribution in [2.75, 3.05) is 17.7 Å². The summed E-state index contributed by atoms with van der Waals surface area (Å²) in [7, 11) is 2.08. The van der Waals surface area contributed by atoms with Crippen LogP contribution in [0.2, 0.25) is 0 Å². The molecule has 3 heteroatoms. The van der Waals surface area contributed by atoms with Gasteiger partial charge in [0.25, 0.3) is 0 Å². The van der Waals surface area contributed by atoms with E-state index >= 15 is 0 Å². The van der Waals surface area contributed by atoms with Crippen molar-refractivity contribution in [1.29, 1.82) is 0 Å². The summed E-state index contributed by atoms with van der Waals surface area (Å²) in [5.41, 5.74) is 10.3. The van der Waals surface area contributed by atoms with Crippen molar-refractivity contribution in [2.45, 2.75) is 13.5 Å². The maximum Gasteiger partial charge on any atom is 0.0438 e. The fraction of sp³-hybridized carbons (Fsp3) is 0.200. The zero-order valence-electron chi connectivity index (χ0n) is 10.7. The van der Waals surface area contributed by atoms with Gasteiger partial charge in [-0.3, -0.25) is 0 Å².